The molecule has 0 fully saturated rings. The molecule has 0 aliphatic heterocycles. The first-order valence-corrected chi connectivity index (χ1v) is 3.99. The van der Waals surface area contributed by atoms with Crippen LogP contribution in [-0.4, -0.2) is 12.6 Å². The summed E-state index contributed by atoms with van der Waals surface area (Å²) in [5.41, 5.74) is 0. The molecule has 0 aromatic rings. The maximum atomic E-state index is 11.0. The summed E-state index contributed by atoms with van der Waals surface area (Å²) in [6.45, 7) is 7.72. The molecule has 0 aromatic heterocycles. The van der Waals surface area contributed by atoms with Gasteiger partial charge in [0.05, 0.1) is 5.92 Å². The fourth-order valence-electron chi connectivity index (χ4n) is 0.834. The highest BCUT2D eigenvalue weighted by Crippen LogP contribution is 2.06. The van der Waals surface area contributed by atoms with Crippen molar-refractivity contribution in [3.8, 4) is 0 Å². The fraction of sp³-hybridized carbons (Fsp3) is 0.667. The monoisotopic (exact) mass is 156 g/mol. The van der Waals surface area contributed by atoms with Gasteiger partial charge in [-0.1, -0.05) is 32.9 Å². The SMILES string of the molecule is C=CCOC(=O)[C@H](C)CCC. The van der Waals surface area contributed by atoms with Crippen molar-refractivity contribution in [2.75, 3.05) is 6.61 Å². The number of ether oxygens (including phenoxy) is 1. The maximum absolute atomic E-state index is 11.0. The van der Waals surface area contributed by atoms with Gasteiger partial charge in [-0.2, -0.15) is 0 Å². The zero-order valence-corrected chi connectivity index (χ0v) is 7.30. The lowest BCUT2D eigenvalue weighted by atomic mass is 10.1. The van der Waals surface area contributed by atoms with Crippen LogP contribution in [-0.2, 0) is 9.53 Å². The molecule has 0 N–H and O–H groups in total. The standard InChI is InChI=1S/C9H16O2/c1-4-6-8(3)9(10)11-7-5-2/h5,8H,2,4,6-7H2,1,3H3/t8-/m1/s1. The molecular weight excluding hydrogens is 140 g/mol. The molecular formula is C9H16O2. The highest BCUT2D eigenvalue weighted by molar-refractivity contribution is 5.71. The third kappa shape index (κ3) is 4.59. The Morgan fingerprint density at radius 1 is 1.73 bits per heavy atom. The minimum Gasteiger partial charge on any atom is -0.461 e. The molecule has 64 valence electrons. The lowest BCUT2D eigenvalue weighted by Gasteiger charge is -2.07. The molecule has 0 aliphatic carbocycles. The van der Waals surface area contributed by atoms with Crippen molar-refractivity contribution in [2.24, 2.45) is 5.92 Å². The lowest BCUT2D eigenvalue weighted by molar-refractivity contribution is -0.146. The van der Waals surface area contributed by atoms with Crippen LogP contribution < -0.4 is 0 Å². The van der Waals surface area contributed by atoms with Gasteiger partial charge < -0.3 is 4.74 Å². The van der Waals surface area contributed by atoms with E-state index in [4.69, 9.17) is 4.74 Å². The van der Waals surface area contributed by atoms with Crippen LogP contribution in [0.5, 0.6) is 0 Å². The predicted octanol–water partition coefficient (Wildman–Crippen LogP) is 2.15. The average Bonchev–Trinajstić information content (AvgIpc) is 2.00. The second-order valence-corrected chi connectivity index (χ2v) is 2.61. The van der Waals surface area contributed by atoms with E-state index in [9.17, 15) is 4.79 Å². The van der Waals surface area contributed by atoms with Crippen LogP contribution in [0.25, 0.3) is 0 Å². The molecule has 0 heterocycles. The van der Waals surface area contributed by atoms with E-state index in [-0.39, 0.29) is 11.9 Å². The van der Waals surface area contributed by atoms with Crippen molar-refractivity contribution in [2.45, 2.75) is 26.7 Å². The molecule has 0 bridgehead atoms. The Hall–Kier alpha value is -0.790. The molecule has 2 heteroatoms. The van der Waals surface area contributed by atoms with Gasteiger partial charge >= 0.3 is 5.97 Å². The van der Waals surface area contributed by atoms with E-state index < -0.39 is 0 Å². The summed E-state index contributed by atoms with van der Waals surface area (Å²) < 4.78 is 4.85. The van der Waals surface area contributed by atoms with Crippen LogP contribution in [0.3, 0.4) is 0 Å². The number of carbonyl (C=O) groups excluding carboxylic acids is 1. The molecule has 0 unspecified atom stereocenters. The summed E-state index contributed by atoms with van der Waals surface area (Å²) >= 11 is 0. The maximum Gasteiger partial charge on any atom is 0.308 e. The van der Waals surface area contributed by atoms with Crippen LogP contribution in [0.15, 0.2) is 12.7 Å². The van der Waals surface area contributed by atoms with Gasteiger partial charge in [-0.3, -0.25) is 4.79 Å². The number of rotatable bonds is 5. The number of hydrogen-bond acceptors (Lipinski definition) is 2. The van der Waals surface area contributed by atoms with Gasteiger partial charge in [0.15, 0.2) is 0 Å². The summed E-state index contributed by atoms with van der Waals surface area (Å²) in [5, 5.41) is 0. The van der Waals surface area contributed by atoms with Crippen molar-refractivity contribution >= 4 is 5.97 Å². The van der Waals surface area contributed by atoms with Crippen LogP contribution in [0.4, 0.5) is 0 Å². The average molecular weight is 156 g/mol. The van der Waals surface area contributed by atoms with E-state index in [1.165, 1.54) is 0 Å². The largest absolute Gasteiger partial charge is 0.461 e. The Morgan fingerprint density at radius 2 is 2.36 bits per heavy atom. The Kier molecular flexibility index (Phi) is 5.53. The Balaban J connectivity index is 3.54. The first kappa shape index (κ1) is 10.2. The van der Waals surface area contributed by atoms with Crippen molar-refractivity contribution in [1.29, 1.82) is 0 Å². The van der Waals surface area contributed by atoms with Crippen molar-refractivity contribution in [3.63, 3.8) is 0 Å². The molecule has 0 rings (SSSR count). The van der Waals surface area contributed by atoms with E-state index in [0.29, 0.717) is 6.61 Å². The molecule has 0 aromatic carbocycles. The summed E-state index contributed by atoms with van der Waals surface area (Å²) in [7, 11) is 0. The smallest absolute Gasteiger partial charge is 0.308 e. The van der Waals surface area contributed by atoms with E-state index >= 15 is 0 Å². The first-order valence-electron chi connectivity index (χ1n) is 3.99. The summed E-state index contributed by atoms with van der Waals surface area (Å²) in [5.74, 6) is -0.0910. The van der Waals surface area contributed by atoms with Gasteiger partial charge in [-0.05, 0) is 6.42 Å². The van der Waals surface area contributed by atoms with E-state index in [2.05, 4.69) is 13.5 Å². The number of esters is 1. The molecule has 11 heavy (non-hydrogen) atoms. The second-order valence-electron chi connectivity index (χ2n) is 2.61. The lowest BCUT2D eigenvalue weighted by Crippen LogP contribution is -2.14. The highest BCUT2D eigenvalue weighted by Gasteiger charge is 2.11. The van der Waals surface area contributed by atoms with Gasteiger partial charge in [0.1, 0.15) is 6.61 Å². The van der Waals surface area contributed by atoms with Crippen LogP contribution >= 0.6 is 0 Å². The van der Waals surface area contributed by atoms with Gasteiger partial charge in [0.2, 0.25) is 0 Å². The third-order valence-corrected chi connectivity index (χ3v) is 1.47. The van der Waals surface area contributed by atoms with E-state index in [1.807, 2.05) is 6.92 Å². The molecule has 0 spiro atoms. The molecule has 0 saturated heterocycles. The fourth-order valence-corrected chi connectivity index (χ4v) is 0.834. The second kappa shape index (κ2) is 5.96. The quantitative estimate of drug-likeness (QED) is 0.450. The van der Waals surface area contributed by atoms with Gasteiger partial charge in [0.25, 0.3) is 0 Å². The summed E-state index contributed by atoms with van der Waals surface area (Å²) in [4.78, 5) is 11.0. The van der Waals surface area contributed by atoms with Crippen LogP contribution in [0, 0.1) is 5.92 Å². The molecule has 0 aliphatic rings. The zero-order valence-electron chi connectivity index (χ0n) is 7.30. The molecule has 2 nitrogen and oxygen atoms in total. The molecule has 0 radical (unpaired) electrons. The Bertz CT molecular complexity index is 130. The third-order valence-electron chi connectivity index (χ3n) is 1.47. The highest BCUT2D eigenvalue weighted by atomic mass is 16.5. The minimum absolute atomic E-state index is 0.0277. The van der Waals surface area contributed by atoms with Crippen molar-refractivity contribution < 1.29 is 9.53 Å². The van der Waals surface area contributed by atoms with Gasteiger partial charge in [-0.15, -0.1) is 0 Å². The topological polar surface area (TPSA) is 26.3 Å². The number of carbonyl (C=O) groups is 1. The Morgan fingerprint density at radius 3 is 2.82 bits per heavy atom. The van der Waals surface area contributed by atoms with Crippen molar-refractivity contribution in [1.82, 2.24) is 0 Å². The Labute approximate surface area is 68.2 Å². The van der Waals surface area contributed by atoms with Crippen LogP contribution in [0.1, 0.15) is 26.7 Å². The molecule has 0 amide bonds. The predicted molar refractivity (Wildman–Crippen MR) is 45.2 cm³/mol. The van der Waals surface area contributed by atoms with Gasteiger partial charge in [0, 0.05) is 0 Å². The minimum atomic E-state index is -0.119. The normalized spacial score (nSPS) is 12.2. The van der Waals surface area contributed by atoms with Crippen LogP contribution in [0.2, 0.25) is 0 Å². The number of hydrogen-bond donors (Lipinski definition) is 0. The summed E-state index contributed by atoms with van der Waals surface area (Å²) in [6.07, 6.45) is 3.50. The van der Waals surface area contributed by atoms with Gasteiger partial charge in [-0.25, -0.2) is 0 Å². The molecule has 1 atom stereocenters. The zero-order chi connectivity index (χ0) is 8.69. The van der Waals surface area contributed by atoms with E-state index in [1.54, 1.807) is 6.08 Å². The van der Waals surface area contributed by atoms with E-state index in [0.717, 1.165) is 12.8 Å². The molecule has 0 saturated carbocycles. The summed E-state index contributed by atoms with van der Waals surface area (Å²) in [6, 6.07) is 0. The first-order chi connectivity index (χ1) is 5.22. The van der Waals surface area contributed by atoms with Crippen molar-refractivity contribution in [3.05, 3.63) is 12.7 Å².